The van der Waals surface area contributed by atoms with E-state index in [4.69, 9.17) is 4.74 Å². The van der Waals surface area contributed by atoms with Crippen molar-refractivity contribution in [3.63, 3.8) is 0 Å². The van der Waals surface area contributed by atoms with Crippen LogP contribution in [0.1, 0.15) is 33.8 Å². The van der Waals surface area contributed by atoms with Gasteiger partial charge in [0.05, 0.1) is 23.1 Å². The molecule has 0 bridgehead atoms. The smallest absolute Gasteiger partial charge is 0.417 e. The Morgan fingerprint density at radius 1 is 1.05 bits per heavy atom. The number of carbonyl (C=O) groups excluding carboxylic acids is 2. The predicted octanol–water partition coefficient (Wildman–Crippen LogP) is 4.44. The maximum absolute atomic E-state index is 13.5. The summed E-state index contributed by atoms with van der Waals surface area (Å²) in [6.07, 6.45) is -1.31. The number of carbonyl (C=O) groups is 2. The molecule has 1 saturated heterocycles. The highest BCUT2D eigenvalue weighted by atomic mass is 19.4. The number of hydrogen-bond donors (Lipinski definition) is 2. The highest BCUT2D eigenvalue weighted by Crippen LogP contribution is 2.37. The fraction of sp³-hybridized carbons (Fsp3) is 0.185. The number of esters is 1. The molecule has 3 heterocycles. The lowest BCUT2D eigenvalue weighted by molar-refractivity contribution is -0.137. The lowest BCUT2D eigenvalue weighted by Crippen LogP contribution is -2.31. The standard InChI is InChI=1S/C27H20F3N3O4/c28-27(29,30)22-6-2-1-5-19(22)23-11-16-8-7-15(10-20(16)25(35)33-23)21-12-18(32-24(21)34)14-37-26(36)17-4-3-9-31-13-17/h1-11,13,18,21H,12,14H2,(H,32,34)(H,33,35)/t18?,21-/m0/s1. The molecule has 37 heavy (non-hydrogen) atoms. The number of halogens is 3. The Bertz CT molecular complexity index is 1550. The number of hydrogen-bond acceptors (Lipinski definition) is 5. The molecule has 0 aliphatic carbocycles. The third-order valence-corrected chi connectivity index (χ3v) is 6.29. The first kappa shape index (κ1) is 24.2. The highest BCUT2D eigenvalue weighted by molar-refractivity contribution is 5.91. The highest BCUT2D eigenvalue weighted by Gasteiger charge is 2.35. The summed E-state index contributed by atoms with van der Waals surface area (Å²) in [5.41, 5.74) is -0.607. The van der Waals surface area contributed by atoms with Crippen LogP contribution >= 0.6 is 0 Å². The van der Waals surface area contributed by atoms with Gasteiger partial charge in [-0.15, -0.1) is 0 Å². The molecule has 2 atom stereocenters. The van der Waals surface area contributed by atoms with E-state index in [1.165, 1.54) is 36.7 Å². The summed E-state index contributed by atoms with van der Waals surface area (Å²) in [5.74, 6) is -1.39. The van der Waals surface area contributed by atoms with Crippen LogP contribution in [0, 0.1) is 0 Å². The maximum Gasteiger partial charge on any atom is 0.417 e. The summed E-state index contributed by atoms with van der Waals surface area (Å²) in [6, 6.07) is 14.2. The van der Waals surface area contributed by atoms with Crippen molar-refractivity contribution in [2.75, 3.05) is 6.61 Å². The van der Waals surface area contributed by atoms with Gasteiger partial charge in [0.15, 0.2) is 0 Å². The van der Waals surface area contributed by atoms with Gasteiger partial charge in [0.25, 0.3) is 5.56 Å². The normalized spacial score (nSPS) is 17.5. The number of nitrogens with one attached hydrogen (secondary N) is 2. The van der Waals surface area contributed by atoms with Gasteiger partial charge in [0.2, 0.25) is 5.91 Å². The van der Waals surface area contributed by atoms with E-state index in [-0.39, 0.29) is 29.2 Å². The zero-order valence-electron chi connectivity index (χ0n) is 19.2. The average molecular weight is 507 g/mol. The van der Waals surface area contributed by atoms with Crippen LogP contribution in [0.4, 0.5) is 13.2 Å². The van der Waals surface area contributed by atoms with E-state index in [0.29, 0.717) is 22.9 Å². The Kier molecular flexibility index (Phi) is 6.24. The summed E-state index contributed by atoms with van der Waals surface area (Å²) in [6.45, 7) is -0.0217. The van der Waals surface area contributed by atoms with Crippen LogP contribution < -0.4 is 10.9 Å². The van der Waals surface area contributed by atoms with Crippen molar-refractivity contribution in [2.24, 2.45) is 0 Å². The minimum absolute atomic E-state index is 0.0217. The quantitative estimate of drug-likeness (QED) is 0.389. The van der Waals surface area contributed by atoms with Crippen LogP contribution in [-0.4, -0.2) is 34.5 Å². The lowest BCUT2D eigenvalue weighted by atomic mass is 9.93. The third-order valence-electron chi connectivity index (χ3n) is 6.29. The number of pyridine rings is 2. The monoisotopic (exact) mass is 507 g/mol. The molecular formula is C27H20F3N3O4. The molecule has 1 unspecified atom stereocenters. The second kappa shape index (κ2) is 9.53. The molecule has 0 spiro atoms. The Morgan fingerprint density at radius 2 is 1.86 bits per heavy atom. The summed E-state index contributed by atoms with van der Waals surface area (Å²) < 4.78 is 45.7. The third kappa shape index (κ3) is 4.95. The fourth-order valence-electron chi connectivity index (χ4n) is 4.50. The first-order chi connectivity index (χ1) is 17.7. The number of alkyl halides is 3. The first-order valence-corrected chi connectivity index (χ1v) is 11.4. The van der Waals surface area contributed by atoms with E-state index in [2.05, 4.69) is 15.3 Å². The van der Waals surface area contributed by atoms with Crippen LogP contribution in [0.5, 0.6) is 0 Å². The Labute approximate surface area is 208 Å². The maximum atomic E-state index is 13.5. The lowest BCUT2D eigenvalue weighted by Gasteiger charge is -2.14. The molecule has 1 aliphatic rings. The van der Waals surface area contributed by atoms with Crippen molar-refractivity contribution in [3.05, 3.63) is 100 Å². The molecule has 0 radical (unpaired) electrons. The number of ether oxygens (including phenoxy) is 1. The van der Waals surface area contributed by atoms with Gasteiger partial charge in [-0.3, -0.25) is 14.6 Å². The Balaban J connectivity index is 1.36. The van der Waals surface area contributed by atoms with Crippen LogP contribution in [0.25, 0.3) is 22.0 Å². The van der Waals surface area contributed by atoms with Crippen molar-refractivity contribution in [1.29, 1.82) is 0 Å². The topological polar surface area (TPSA) is 101 Å². The number of fused-ring (bicyclic) bond motifs is 1. The summed E-state index contributed by atoms with van der Waals surface area (Å²) in [4.78, 5) is 44.1. The molecule has 1 aliphatic heterocycles. The molecule has 1 fully saturated rings. The fourth-order valence-corrected chi connectivity index (χ4v) is 4.50. The van der Waals surface area contributed by atoms with Crippen molar-refractivity contribution < 1.29 is 27.5 Å². The molecule has 2 aromatic carbocycles. The Morgan fingerprint density at radius 3 is 2.62 bits per heavy atom. The van der Waals surface area contributed by atoms with Crippen molar-refractivity contribution in [1.82, 2.24) is 15.3 Å². The molecular weight excluding hydrogens is 487 g/mol. The van der Waals surface area contributed by atoms with Crippen molar-refractivity contribution in [2.45, 2.75) is 24.6 Å². The first-order valence-electron chi connectivity index (χ1n) is 11.4. The van der Waals surface area contributed by atoms with Gasteiger partial charge < -0.3 is 15.0 Å². The molecule has 10 heteroatoms. The van der Waals surface area contributed by atoms with E-state index >= 15 is 0 Å². The zero-order chi connectivity index (χ0) is 26.2. The van der Waals surface area contributed by atoms with Crippen LogP contribution in [0.15, 0.2) is 77.9 Å². The van der Waals surface area contributed by atoms with E-state index in [1.54, 1.807) is 30.3 Å². The molecule has 4 aromatic rings. The zero-order valence-corrected chi connectivity index (χ0v) is 19.2. The number of rotatable bonds is 5. The largest absolute Gasteiger partial charge is 0.460 e. The molecule has 188 valence electrons. The van der Waals surface area contributed by atoms with Gasteiger partial charge in [-0.25, -0.2) is 4.79 Å². The average Bonchev–Trinajstić information content (AvgIpc) is 3.27. The van der Waals surface area contributed by atoms with Gasteiger partial charge in [-0.1, -0.05) is 30.3 Å². The van der Waals surface area contributed by atoms with E-state index in [0.717, 1.165) is 6.07 Å². The summed E-state index contributed by atoms with van der Waals surface area (Å²) in [5, 5.41) is 3.50. The number of H-pyrrole nitrogens is 1. The predicted molar refractivity (Wildman–Crippen MR) is 129 cm³/mol. The molecule has 1 amide bonds. The summed E-state index contributed by atoms with van der Waals surface area (Å²) in [7, 11) is 0. The van der Waals surface area contributed by atoms with Gasteiger partial charge in [-0.2, -0.15) is 13.2 Å². The number of amides is 1. The van der Waals surface area contributed by atoms with Crippen LogP contribution in [-0.2, 0) is 15.7 Å². The van der Waals surface area contributed by atoms with Crippen LogP contribution in [0.2, 0.25) is 0 Å². The van der Waals surface area contributed by atoms with Gasteiger partial charge in [0.1, 0.15) is 6.61 Å². The molecule has 7 nitrogen and oxygen atoms in total. The van der Waals surface area contributed by atoms with E-state index in [9.17, 15) is 27.6 Å². The second-order valence-corrected chi connectivity index (χ2v) is 8.74. The minimum Gasteiger partial charge on any atom is -0.460 e. The number of aromatic nitrogens is 2. The van der Waals surface area contributed by atoms with Crippen molar-refractivity contribution >= 4 is 22.6 Å². The van der Waals surface area contributed by atoms with Crippen LogP contribution in [0.3, 0.4) is 0 Å². The Hall–Kier alpha value is -4.47. The number of nitrogens with zero attached hydrogens (tertiary/aromatic N) is 1. The van der Waals surface area contributed by atoms with Gasteiger partial charge in [0, 0.05) is 29.0 Å². The number of benzene rings is 2. The van der Waals surface area contributed by atoms with Crippen molar-refractivity contribution in [3.8, 4) is 11.3 Å². The molecule has 5 rings (SSSR count). The SMILES string of the molecule is O=C(OCC1C[C@@H](c2ccc3cc(-c4ccccc4C(F)(F)F)[nH]c(=O)c3c2)C(=O)N1)c1cccnc1. The molecule has 0 saturated carbocycles. The molecule has 2 aromatic heterocycles. The number of aromatic amines is 1. The second-order valence-electron chi connectivity index (χ2n) is 8.74. The van der Waals surface area contributed by atoms with Gasteiger partial charge in [-0.05, 0) is 47.7 Å². The van der Waals surface area contributed by atoms with E-state index in [1.807, 2.05) is 0 Å². The summed E-state index contributed by atoms with van der Waals surface area (Å²) >= 11 is 0. The van der Waals surface area contributed by atoms with Gasteiger partial charge >= 0.3 is 12.1 Å². The molecule has 2 N–H and O–H groups in total. The minimum atomic E-state index is -4.58. The van der Waals surface area contributed by atoms with E-state index < -0.39 is 35.2 Å².